The molecule has 1 aromatic heterocycles. The van der Waals surface area contributed by atoms with E-state index in [-0.39, 0.29) is 5.15 Å². The van der Waals surface area contributed by atoms with Gasteiger partial charge in [0.1, 0.15) is 12.0 Å². The number of anilines is 2. The fraction of sp³-hybridized carbons (Fsp3) is 0.692. The van der Waals surface area contributed by atoms with E-state index in [9.17, 15) is 5.11 Å². The molecular formula is C13H21ClN4O. The molecule has 0 aliphatic heterocycles. The highest BCUT2D eigenvalue weighted by Gasteiger charge is 2.36. The number of nitrogens with zero attached hydrogens (tertiary/aromatic N) is 2. The van der Waals surface area contributed by atoms with E-state index >= 15 is 0 Å². The molecule has 1 heterocycles. The number of aromatic nitrogens is 2. The van der Waals surface area contributed by atoms with Gasteiger partial charge in [0.15, 0.2) is 11.0 Å². The van der Waals surface area contributed by atoms with Crippen molar-refractivity contribution in [3.63, 3.8) is 0 Å². The molecule has 2 rings (SSSR count). The Balaban J connectivity index is 1.97. The third-order valence-corrected chi connectivity index (χ3v) is 4.26. The minimum atomic E-state index is -0.695. The summed E-state index contributed by atoms with van der Waals surface area (Å²) in [7, 11) is 0. The lowest BCUT2D eigenvalue weighted by atomic mass is 9.71. The highest BCUT2D eigenvalue weighted by atomic mass is 35.5. The monoisotopic (exact) mass is 284 g/mol. The van der Waals surface area contributed by atoms with Gasteiger partial charge in [-0.1, -0.05) is 25.4 Å². The highest BCUT2D eigenvalue weighted by Crippen LogP contribution is 2.40. The third kappa shape index (κ3) is 3.48. The van der Waals surface area contributed by atoms with Crippen LogP contribution in [0.2, 0.25) is 5.15 Å². The Morgan fingerprint density at radius 2 is 1.95 bits per heavy atom. The molecule has 5 nitrogen and oxygen atoms in total. The number of nitrogen functional groups attached to an aromatic ring is 1. The zero-order valence-corrected chi connectivity index (χ0v) is 12.2. The van der Waals surface area contributed by atoms with Gasteiger partial charge in [-0.25, -0.2) is 9.97 Å². The van der Waals surface area contributed by atoms with Gasteiger partial charge in [-0.05, 0) is 31.1 Å². The van der Waals surface area contributed by atoms with Crippen LogP contribution >= 0.6 is 11.6 Å². The molecule has 1 fully saturated rings. The summed E-state index contributed by atoms with van der Waals surface area (Å²) in [5, 5.41) is 13.9. The maximum atomic E-state index is 10.5. The van der Waals surface area contributed by atoms with Gasteiger partial charge in [0.05, 0.1) is 5.60 Å². The van der Waals surface area contributed by atoms with E-state index in [1.54, 1.807) is 0 Å². The van der Waals surface area contributed by atoms with Crippen LogP contribution in [0, 0.1) is 5.41 Å². The number of rotatable bonds is 3. The third-order valence-electron chi connectivity index (χ3n) is 3.95. The number of hydrogen-bond acceptors (Lipinski definition) is 5. The molecule has 19 heavy (non-hydrogen) atoms. The molecule has 0 atom stereocenters. The van der Waals surface area contributed by atoms with E-state index in [0.29, 0.717) is 23.5 Å². The second-order valence-corrected chi connectivity index (χ2v) is 6.53. The van der Waals surface area contributed by atoms with E-state index in [4.69, 9.17) is 17.3 Å². The first kappa shape index (κ1) is 14.3. The quantitative estimate of drug-likeness (QED) is 0.743. The van der Waals surface area contributed by atoms with Crippen molar-refractivity contribution >= 4 is 23.1 Å². The van der Waals surface area contributed by atoms with E-state index in [2.05, 4.69) is 29.1 Å². The Kier molecular flexibility index (Phi) is 3.87. The van der Waals surface area contributed by atoms with Crippen molar-refractivity contribution in [2.75, 3.05) is 17.6 Å². The molecule has 0 radical (unpaired) electrons. The summed E-state index contributed by atoms with van der Waals surface area (Å²) in [6.07, 6.45) is 4.96. The summed E-state index contributed by atoms with van der Waals surface area (Å²) in [5.41, 5.74) is 5.73. The first-order chi connectivity index (χ1) is 8.81. The van der Waals surface area contributed by atoms with Crippen molar-refractivity contribution in [3.05, 3.63) is 11.5 Å². The van der Waals surface area contributed by atoms with E-state index < -0.39 is 5.60 Å². The SMILES string of the molecule is CC1(C)CCC(O)(CNc2ncnc(Cl)c2N)CC1. The first-order valence-corrected chi connectivity index (χ1v) is 6.91. The van der Waals surface area contributed by atoms with Crippen LogP contribution in [0.15, 0.2) is 6.33 Å². The lowest BCUT2D eigenvalue weighted by molar-refractivity contribution is -0.0145. The van der Waals surface area contributed by atoms with Gasteiger partial charge < -0.3 is 16.2 Å². The normalized spacial score (nSPS) is 21.1. The molecule has 1 saturated carbocycles. The summed E-state index contributed by atoms with van der Waals surface area (Å²) >= 11 is 5.83. The molecule has 0 bridgehead atoms. The van der Waals surface area contributed by atoms with Crippen LogP contribution in [-0.4, -0.2) is 27.2 Å². The van der Waals surface area contributed by atoms with Crippen molar-refractivity contribution in [1.82, 2.24) is 9.97 Å². The average Bonchev–Trinajstić information content (AvgIpc) is 2.36. The van der Waals surface area contributed by atoms with Crippen molar-refractivity contribution in [1.29, 1.82) is 0 Å². The topological polar surface area (TPSA) is 84.1 Å². The van der Waals surface area contributed by atoms with Crippen LogP contribution in [0.3, 0.4) is 0 Å². The van der Waals surface area contributed by atoms with Crippen LogP contribution in [-0.2, 0) is 0 Å². The van der Waals surface area contributed by atoms with Crippen molar-refractivity contribution in [3.8, 4) is 0 Å². The Labute approximate surface area is 118 Å². The van der Waals surface area contributed by atoms with Gasteiger partial charge >= 0.3 is 0 Å². The smallest absolute Gasteiger partial charge is 0.157 e. The number of nitrogens with two attached hydrogens (primary N) is 1. The minimum Gasteiger partial charge on any atom is -0.393 e. The molecule has 0 aromatic carbocycles. The molecule has 0 unspecified atom stereocenters. The second kappa shape index (κ2) is 5.13. The summed E-state index contributed by atoms with van der Waals surface area (Å²) in [6, 6.07) is 0. The van der Waals surface area contributed by atoms with Crippen LogP contribution in [0.25, 0.3) is 0 Å². The lowest BCUT2D eigenvalue weighted by Crippen LogP contribution is -2.42. The molecular weight excluding hydrogens is 264 g/mol. The molecule has 4 N–H and O–H groups in total. The molecule has 1 aromatic rings. The van der Waals surface area contributed by atoms with Crippen molar-refractivity contribution in [2.45, 2.75) is 45.1 Å². The molecule has 0 saturated heterocycles. The van der Waals surface area contributed by atoms with Gasteiger partial charge in [-0.15, -0.1) is 0 Å². The van der Waals surface area contributed by atoms with Crippen LogP contribution in [0.5, 0.6) is 0 Å². The van der Waals surface area contributed by atoms with Gasteiger partial charge in [0.25, 0.3) is 0 Å². The van der Waals surface area contributed by atoms with E-state index in [1.807, 2.05) is 0 Å². The molecule has 1 aliphatic rings. The first-order valence-electron chi connectivity index (χ1n) is 6.54. The Hall–Kier alpha value is -1.07. The minimum absolute atomic E-state index is 0.231. The van der Waals surface area contributed by atoms with Gasteiger partial charge in [0.2, 0.25) is 0 Å². The number of halogens is 1. The predicted molar refractivity (Wildman–Crippen MR) is 77.1 cm³/mol. The van der Waals surface area contributed by atoms with Gasteiger partial charge in [0, 0.05) is 6.54 Å². The van der Waals surface area contributed by atoms with E-state index in [1.165, 1.54) is 6.33 Å². The number of aliphatic hydroxyl groups is 1. The number of nitrogens with one attached hydrogen (secondary N) is 1. The van der Waals surface area contributed by atoms with Crippen LogP contribution in [0.1, 0.15) is 39.5 Å². The summed E-state index contributed by atoms with van der Waals surface area (Å²) in [4.78, 5) is 7.84. The van der Waals surface area contributed by atoms with Crippen molar-refractivity contribution < 1.29 is 5.11 Å². The Morgan fingerprint density at radius 3 is 2.58 bits per heavy atom. The average molecular weight is 285 g/mol. The molecule has 0 spiro atoms. The van der Waals surface area contributed by atoms with Crippen LogP contribution < -0.4 is 11.1 Å². The zero-order chi connectivity index (χ0) is 14.1. The largest absolute Gasteiger partial charge is 0.393 e. The fourth-order valence-electron chi connectivity index (χ4n) is 2.33. The predicted octanol–water partition coefficient (Wildman–Crippen LogP) is 2.46. The zero-order valence-electron chi connectivity index (χ0n) is 11.4. The Bertz CT molecular complexity index is 454. The van der Waals surface area contributed by atoms with Gasteiger partial charge in [-0.2, -0.15) is 0 Å². The summed E-state index contributed by atoms with van der Waals surface area (Å²) in [6.45, 7) is 4.91. The molecule has 6 heteroatoms. The van der Waals surface area contributed by atoms with Crippen molar-refractivity contribution in [2.24, 2.45) is 5.41 Å². The summed E-state index contributed by atoms with van der Waals surface area (Å²) in [5.74, 6) is 0.484. The fourth-order valence-corrected chi connectivity index (χ4v) is 2.47. The maximum Gasteiger partial charge on any atom is 0.157 e. The second-order valence-electron chi connectivity index (χ2n) is 6.17. The molecule has 0 amide bonds. The Morgan fingerprint density at radius 1 is 1.32 bits per heavy atom. The van der Waals surface area contributed by atoms with Gasteiger partial charge in [-0.3, -0.25) is 0 Å². The lowest BCUT2D eigenvalue weighted by Gasteiger charge is -2.40. The maximum absolute atomic E-state index is 10.5. The molecule has 1 aliphatic carbocycles. The van der Waals surface area contributed by atoms with Crippen LogP contribution in [0.4, 0.5) is 11.5 Å². The molecule has 106 valence electrons. The number of hydrogen-bond donors (Lipinski definition) is 3. The standard InChI is InChI=1S/C13H21ClN4O/c1-12(2)3-5-13(19,6-4-12)7-16-11-9(15)10(14)17-8-18-11/h8,19H,3-7,15H2,1-2H3,(H,16,17,18). The van der Waals surface area contributed by atoms with E-state index in [0.717, 1.165) is 25.7 Å². The summed E-state index contributed by atoms with van der Waals surface area (Å²) < 4.78 is 0. The highest BCUT2D eigenvalue weighted by molar-refractivity contribution is 6.32.